The number of fused-ring (bicyclic) bond motifs is 2. The third-order valence-electron chi connectivity index (χ3n) is 12.5. The quantitative estimate of drug-likeness (QED) is 0.135. The minimum atomic E-state index is -4.70. The summed E-state index contributed by atoms with van der Waals surface area (Å²) in [7, 11) is 1.67. The highest BCUT2D eigenvalue weighted by atomic mass is 19.4. The number of amides is 1. The molecule has 6 heterocycles. The number of nitrogens with zero attached hydrogens (tertiary/aromatic N) is 7. The zero-order valence-corrected chi connectivity index (χ0v) is 36.3. The number of aromatic nitrogens is 4. The minimum absolute atomic E-state index is 0.0280. The molecule has 17 heteroatoms. The maximum absolute atomic E-state index is 16.1. The zero-order chi connectivity index (χ0) is 44.0. The average molecular weight is 868 g/mol. The Morgan fingerprint density at radius 2 is 1.76 bits per heavy atom. The molecule has 1 atom stereocenters. The lowest BCUT2D eigenvalue weighted by Gasteiger charge is -2.53. The van der Waals surface area contributed by atoms with Gasteiger partial charge in [0.05, 0.1) is 12.8 Å². The summed E-state index contributed by atoms with van der Waals surface area (Å²) in [6.07, 6.45) is 2.63. The highest BCUT2D eigenvalue weighted by Gasteiger charge is 2.48. The van der Waals surface area contributed by atoms with Crippen molar-refractivity contribution in [1.82, 2.24) is 29.5 Å². The summed E-state index contributed by atoms with van der Waals surface area (Å²) in [5.74, 6) is -0.171. The second kappa shape index (κ2) is 17.4. The second-order valence-corrected chi connectivity index (χ2v) is 18.2. The number of anilines is 1. The van der Waals surface area contributed by atoms with E-state index in [1.54, 1.807) is 25.0 Å². The fraction of sp³-hybridized carbons (Fsp3) is 0.600. The van der Waals surface area contributed by atoms with Gasteiger partial charge in [-0.05, 0) is 95.9 Å². The van der Waals surface area contributed by atoms with Crippen LogP contribution in [0.5, 0.6) is 11.8 Å². The summed E-state index contributed by atoms with van der Waals surface area (Å²) in [5.41, 5.74) is 1.27. The zero-order valence-electron chi connectivity index (χ0n) is 36.3. The lowest BCUT2D eigenvalue weighted by molar-refractivity contribution is -0.153. The van der Waals surface area contributed by atoms with Gasteiger partial charge in [0, 0.05) is 86.8 Å². The Morgan fingerprint density at radius 1 is 1.02 bits per heavy atom. The van der Waals surface area contributed by atoms with Crippen LogP contribution < -0.4 is 14.4 Å². The molecule has 0 radical (unpaired) electrons. The number of likely N-dealkylation sites (tertiary alicyclic amines) is 2. The fourth-order valence-corrected chi connectivity index (χ4v) is 9.37. The van der Waals surface area contributed by atoms with Crippen LogP contribution in [0.4, 0.5) is 28.2 Å². The lowest BCUT2D eigenvalue weighted by atomic mass is 9.72. The Labute approximate surface area is 359 Å². The Bertz CT molecular complexity index is 2280. The van der Waals surface area contributed by atoms with Crippen molar-refractivity contribution in [2.75, 3.05) is 77.6 Å². The maximum Gasteiger partial charge on any atom is 0.422 e. The van der Waals surface area contributed by atoms with Gasteiger partial charge in [-0.2, -0.15) is 28.2 Å². The van der Waals surface area contributed by atoms with E-state index in [4.69, 9.17) is 33.7 Å². The monoisotopic (exact) mass is 867 g/mol. The fourth-order valence-electron chi connectivity index (χ4n) is 9.37. The number of hydrogen-bond acceptors (Lipinski definition) is 11. The molecule has 0 bridgehead atoms. The number of hydrogen-bond donors (Lipinski definition) is 0. The Balaban J connectivity index is 1.23. The van der Waals surface area contributed by atoms with Crippen molar-refractivity contribution in [3.05, 3.63) is 41.9 Å². The standard InChI is InChI=1S/C45H57F4N7O6/c1-7-29-23-31-37(39(60-27-45(47,48)49)36(29)35-28(2)22-33(46)38-32(35)24-50-56(38)34-10-8-9-20-59-34)51-41(61-30-11-15-53(16-12-30)19-21-58-6)52-40(31)54-17-13-44(14-18-54)25-55(26-44)42(57)62-43(3,4)5/h7,22-24,30,34H,1,8-21,25-27H2,2-6H3. The van der Waals surface area contributed by atoms with Crippen molar-refractivity contribution in [1.29, 1.82) is 0 Å². The van der Waals surface area contributed by atoms with Gasteiger partial charge in [0.1, 0.15) is 34.4 Å². The summed E-state index contributed by atoms with van der Waals surface area (Å²) in [5, 5.41) is 5.44. The van der Waals surface area contributed by atoms with Crippen LogP contribution in [-0.2, 0) is 14.2 Å². The number of carbonyl (C=O) groups is 1. The summed E-state index contributed by atoms with van der Waals surface area (Å²) in [6, 6.07) is 3.23. The van der Waals surface area contributed by atoms with Gasteiger partial charge >= 0.3 is 18.3 Å². The molecule has 336 valence electrons. The Morgan fingerprint density at radius 3 is 2.40 bits per heavy atom. The smallest absolute Gasteiger partial charge is 0.422 e. The molecule has 0 aliphatic carbocycles. The number of aryl methyl sites for hydroxylation is 1. The second-order valence-electron chi connectivity index (χ2n) is 18.2. The number of methoxy groups -OCH3 is 1. The molecule has 1 amide bonds. The van der Waals surface area contributed by atoms with Crippen LogP contribution in [0.25, 0.3) is 39.0 Å². The van der Waals surface area contributed by atoms with E-state index in [9.17, 15) is 18.0 Å². The molecule has 0 N–H and O–H groups in total. The van der Waals surface area contributed by atoms with Crippen molar-refractivity contribution >= 4 is 39.8 Å². The Hall–Kier alpha value is -4.74. The van der Waals surface area contributed by atoms with Crippen molar-refractivity contribution in [2.24, 2.45) is 5.41 Å². The molecule has 2 aromatic carbocycles. The first-order valence-corrected chi connectivity index (χ1v) is 21.7. The van der Waals surface area contributed by atoms with Gasteiger partial charge in [0.25, 0.3) is 0 Å². The number of benzene rings is 2. The van der Waals surface area contributed by atoms with E-state index in [1.165, 1.54) is 16.9 Å². The van der Waals surface area contributed by atoms with Gasteiger partial charge in [-0.25, -0.2) is 13.9 Å². The lowest BCUT2D eigenvalue weighted by Crippen LogP contribution is -2.62. The van der Waals surface area contributed by atoms with E-state index in [-0.39, 0.29) is 46.0 Å². The molecule has 1 spiro atoms. The van der Waals surface area contributed by atoms with Crippen LogP contribution in [0.2, 0.25) is 0 Å². The molecular weight excluding hydrogens is 811 g/mol. The molecule has 4 saturated heterocycles. The van der Waals surface area contributed by atoms with Crippen LogP contribution >= 0.6 is 0 Å². The first kappa shape index (κ1) is 43.9. The van der Waals surface area contributed by atoms with Crippen molar-refractivity contribution in [3.8, 4) is 22.9 Å². The predicted octanol–water partition coefficient (Wildman–Crippen LogP) is 8.70. The number of alkyl halides is 3. The number of piperidine rings is 2. The third kappa shape index (κ3) is 9.16. The number of carbonyl (C=O) groups excluding carboxylic acids is 1. The molecule has 4 aromatic rings. The summed E-state index contributed by atoms with van der Waals surface area (Å²) in [4.78, 5) is 28.9. The van der Waals surface area contributed by atoms with Crippen molar-refractivity contribution < 1.29 is 46.0 Å². The predicted molar refractivity (Wildman–Crippen MR) is 227 cm³/mol. The van der Waals surface area contributed by atoms with Gasteiger partial charge in [0.2, 0.25) is 0 Å². The average Bonchev–Trinajstić information content (AvgIpc) is 3.67. The molecule has 4 fully saturated rings. The number of halogens is 4. The van der Waals surface area contributed by atoms with Gasteiger partial charge < -0.3 is 38.4 Å². The largest absolute Gasteiger partial charge is 0.481 e. The van der Waals surface area contributed by atoms with E-state index < -0.39 is 30.4 Å². The van der Waals surface area contributed by atoms with Gasteiger partial charge in [-0.15, -0.1) is 0 Å². The van der Waals surface area contributed by atoms with Crippen molar-refractivity contribution in [2.45, 2.75) is 96.7 Å². The van der Waals surface area contributed by atoms with Crippen LogP contribution in [0.15, 0.2) is 24.9 Å². The van der Waals surface area contributed by atoms with Crippen LogP contribution in [0.1, 0.15) is 83.1 Å². The van der Waals surface area contributed by atoms with Crippen LogP contribution in [0, 0.1) is 18.2 Å². The van der Waals surface area contributed by atoms with E-state index >= 15 is 4.39 Å². The van der Waals surface area contributed by atoms with Crippen LogP contribution in [0.3, 0.4) is 0 Å². The van der Waals surface area contributed by atoms with Crippen molar-refractivity contribution in [3.63, 3.8) is 0 Å². The molecule has 4 aliphatic heterocycles. The summed E-state index contributed by atoms with van der Waals surface area (Å²) >= 11 is 0. The SMILES string of the molecule is C=Cc1cc2c(N3CCC4(CC3)CN(C(=O)OC(C)(C)C)C4)nc(OC3CCN(CCOC)CC3)nc2c(OCC(F)(F)F)c1-c1c(C)cc(F)c2c1cnn2C1CCCCO1. The van der Waals surface area contributed by atoms with E-state index in [1.807, 2.05) is 26.8 Å². The number of ether oxygens (including phenoxy) is 5. The van der Waals surface area contributed by atoms with Gasteiger partial charge in [-0.3, -0.25) is 0 Å². The van der Waals surface area contributed by atoms with E-state index in [0.717, 1.165) is 45.3 Å². The highest BCUT2D eigenvalue weighted by molar-refractivity contribution is 6.07. The molecule has 8 rings (SSSR count). The third-order valence-corrected chi connectivity index (χ3v) is 12.5. The minimum Gasteiger partial charge on any atom is -0.481 e. The molecule has 1 unspecified atom stereocenters. The molecule has 62 heavy (non-hydrogen) atoms. The molecular formula is C45H57F4N7O6. The maximum atomic E-state index is 16.1. The normalized spacial score (nSPS) is 20.2. The van der Waals surface area contributed by atoms with Gasteiger partial charge in [0.15, 0.2) is 18.6 Å². The highest BCUT2D eigenvalue weighted by Crippen LogP contribution is 2.49. The van der Waals surface area contributed by atoms with Crippen LogP contribution in [-0.4, -0.2) is 126 Å². The molecule has 0 saturated carbocycles. The first-order chi connectivity index (χ1) is 29.5. The van der Waals surface area contributed by atoms with E-state index in [2.05, 4.69) is 21.5 Å². The first-order valence-electron chi connectivity index (χ1n) is 21.7. The van der Waals surface area contributed by atoms with E-state index in [0.29, 0.717) is 91.9 Å². The molecule has 13 nitrogen and oxygen atoms in total. The molecule has 4 aliphatic rings. The Kier molecular flexibility index (Phi) is 12.3. The summed E-state index contributed by atoms with van der Waals surface area (Å²) in [6.45, 7) is 15.5. The summed E-state index contributed by atoms with van der Waals surface area (Å²) < 4.78 is 89.7. The number of rotatable bonds is 11. The topological polar surface area (TPSA) is 117 Å². The van der Waals surface area contributed by atoms with Gasteiger partial charge in [-0.1, -0.05) is 12.7 Å². The molecule has 2 aromatic heterocycles.